The molecule has 194 valence electrons. The molecule has 0 aliphatic heterocycles. The highest BCUT2D eigenvalue weighted by atomic mass is 32.2. The lowest BCUT2D eigenvalue weighted by atomic mass is 9.67. The molecule has 38 heavy (non-hydrogen) atoms. The van der Waals surface area contributed by atoms with E-state index in [2.05, 4.69) is 5.32 Å². The van der Waals surface area contributed by atoms with Gasteiger partial charge in [0.2, 0.25) is 5.91 Å². The van der Waals surface area contributed by atoms with Gasteiger partial charge in [0.05, 0.1) is 23.3 Å². The van der Waals surface area contributed by atoms with Crippen LogP contribution in [0.5, 0.6) is 0 Å². The van der Waals surface area contributed by atoms with Gasteiger partial charge in [-0.15, -0.1) is 0 Å². The van der Waals surface area contributed by atoms with Crippen molar-refractivity contribution in [3.8, 4) is 0 Å². The highest BCUT2D eigenvalue weighted by Crippen LogP contribution is 2.42. The number of esters is 1. The van der Waals surface area contributed by atoms with E-state index in [0.717, 1.165) is 16.7 Å². The standard InChI is InChI=1S/C32H31NO4S/c1-37-31(35)29(22-23-38(36)28-20-12-5-13-21-28)33-30(34)24-32(25-14-6-2-7-15-25,26-16-8-3-9-17-26)27-18-10-4-11-19-27/h2-21,29H,22-24H2,1H3,(H,33,34)/t29-,38+/m1/s1. The molecule has 0 bridgehead atoms. The predicted molar refractivity (Wildman–Crippen MR) is 150 cm³/mol. The molecule has 4 aromatic rings. The zero-order chi connectivity index (χ0) is 26.8. The maximum atomic E-state index is 13.7. The molecule has 1 N–H and O–H groups in total. The molecule has 6 heteroatoms. The molecule has 0 fully saturated rings. The van der Waals surface area contributed by atoms with Gasteiger partial charge in [-0.3, -0.25) is 9.00 Å². The van der Waals surface area contributed by atoms with Crippen molar-refractivity contribution in [1.29, 1.82) is 0 Å². The third-order valence-electron chi connectivity index (χ3n) is 6.64. The van der Waals surface area contributed by atoms with Crippen molar-refractivity contribution in [1.82, 2.24) is 5.32 Å². The summed E-state index contributed by atoms with van der Waals surface area (Å²) in [5, 5.41) is 2.89. The molecule has 0 saturated carbocycles. The number of ether oxygens (including phenoxy) is 1. The Kier molecular flexibility index (Phi) is 9.22. The second-order valence-electron chi connectivity index (χ2n) is 8.97. The van der Waals surface area contributed by atoms with Crippen LogP contribution in [0.2, 0.25) is 0 Å². The van der Waals surface area contributed by atoms with Crippen LogP contribution in [0.3, 0.4) is 0 Å². The molecule has 4 aromatic carbocycles. The van der Waals surface area contributed by atoms with Crippen LogP contribution in [0.4, 0.5) is 0 Å². The van der Waals surface area contributed by atoms with E-state index in [1.54, 1.807) is 12.1 Å². The molecule has 1 amide bonds. The number of carbonyl (C=O) groups is 2. The number of hydrogen-bond donors (Lipinski definition) is 1. The zero-order valence-corrected chi connectivity index (χ0v) is 22.1. The highest BCUT2D eigenvalue weighted by Gasteiger charge is 2.39. The largest absolute Gasteiger partial charge is 0.467 e. The van der Waals surface area contributed by atoms with E-state index in [1.165, 1.54) is 7.11 Å². The second-order valence-corrected chi connectivity index (χ2v) is 10.5. The van der Waals surface area contributed by atoms with Crippen LogP contribution < -0.4 is 5.32 Å². The topological polar surface area (TPSA) is 72.5 Å². The Morgan fingerprint density at radius 3 is 1.58 bits per heavy atom. The molecule has 0 aliphatic rings. The van der Waals surface area contributed by atoms with Crippen LogP contribution in [0, 0.1) is 0 Å². The van der Waals surface area contributed by atoms with E-state index >= 15 is 0 Å². The van der Waals surface area contributed by atoms with Crippen LogP contribution in [0.25, 0.3) is 0 Å². The average Bonchev–Trinajstić information content (AvgIpc) is 2.99. The van der Waals surface area contributed by atoms with Crippen molar-refractivity contribution in [2.75, 3.05) is 12.9 Å². The van der Waals surface area contributed by atoms with Crippen molar-refractivity contribution >= 4 is 22.7 Å². The fourth-order valence-corrected chi connectivity index (χ4v) is 5.91. The van der Waals surface area contributed by atoms with Crippen LogP contribution in [-0.4, -0.2) is 35.0 Å². The molecule has 0 spiro atoms. The molecule has 0 heterocycles. The fraction of sp³-hybridized carbons (Fsp3) is 0.188. The van der Waals surface area contributed by atoms with Gasteiger partial charge < -0.3 is 10.1 Å². The van der Waals surface area contributed by atoms with Crippen molar-refractivity contribution in [2.45, 2.75) is 29.2 Å². The molecule has 5 nitrogen and oxygen atoms in total. The van der Waals surface area contributed by atoms with Gasteiger partial charge in [-0.2, -0.15) is 0 Å². The normalized spacial score (nSPS) is 12.8. The summed E-state index contributed by atoms with van der Waals surface area (Å²) in [7, 11) is -0.0150. The van der Waals surface area contributed by atoms with Gasteiger partial charge in [-0.25, -0.2) is 4.79 Å². The number of amides is 1. The SMILES string of the molecule is COC(=O)[C@@H](CC[S@](=O)c1ccccc1)NC(=O)CC(c1ccccc1)(c1ccccc1)c1ccccc1. The number of nitrogens with one attached hydrogen (secondary N) is 1. The van der Waals surface area contributed by atoms with Gasteiger partial charge >= 0.3 is 5.97 Å². The number of rotatable bonds is 11. The molecule has 4 rings (SSSR count). The first-order valence-electron chi connectivity index (χ1n) is 12.5. The maximum Gasteiger partial charge on any atom is 0.328 e. The van der Waals surface area contributed by atoms with E-state index in [9.17, 15) is 13.8 Å². The summed E-state index contributed by atoms with van der Waals surface area (Å²) in [5.74, 6) is -0.652. The molecule has 0 unspecified atom stereocenters. The minimum absolute atomic E-state index is 0.0698. The molecular formula is C32H31NO4S. The quantitative estimate of drug-likeness (QED) is 0.214. The van der Waals surface area contributed by atoms with Crippen LogP contribution in [-0.2, 0) is 30.5 Å². The number of benzene rings is 4. The Balaban J connectivity index is 1.65. The summed E-state index contributed by atoms with van der Waals surface area (Å²) in [6, 6.07) is 37.9. The monoisotopic (exact) mass is 525 g/mol. The lowest BCUT2D eigenvalue weighted by molar-refractivity contribution is -0.145. The lowest BCUT2D eigenvalue weighted by Crippen LogP contribution is -2.45. The Morgan fingerprint density at radius 1 is 0.737 bits per heavy atom. The number of hydrogen-bond acceptors (Lipinski definition) is 4. The smallest absolute Gasteiger partial charge is 0.328 e. The second kappa shape index (κ2) is 13.0. The molecule has 0 radical (unpaired) electrons. The van der Waals surface area contributed by atoms with Gasteiger partial charge in [0.25, 0.3) is 0 Å². The van der Waals surface area contributed by atoms with Gasteiger partial charge in [-0.1, -0.05) is 109 Å². The first-order valence-corrected chi connectivity index (χ1v) is 13.8. The van der Waals surface area contributed by atoms with Crippen molar-refractivity contribution < 1.29 is 18.5 Å². The zero-order valence-electron chi connectivity index (χ0n) is 21.3. The van der Waals surface area contributed by atoms with Crippen molar-refractivity contribution in [3.63, 3.8) is 0 Å². The number of methoxy groups -OCH3 is 1. The maximum absolute atomic E-state index is 13.7. The third kappa shape index (κ3) is 6.26. The molecule has 0 aromatic heterocycles. The van der Waals surface area contributed by atoms with Gasteiger partial charge in [0, 0.05) is 17.1 Å². The summed E-state index contributed by atoms with van der Waals surface area (Å²) in [4.78, 5) is 27.0. The summed E-state index contributed by atoms with van der Waals surface area (Å²) in [5.41, 5.74) is 2.11. The molecule has 2 atom stereocenters. The summed E-state index contributed by atoms with van der Waals surface area (Å²) in [6.07, 6.45) is 0.259. The van der Waals surface area contributed by atoms with Crippen molar-refractivity contribution in [3.05, 3.63) is 138 Å². The molecular weight excluding hydrogens is 494 g/mol. The summed E-state index contributed by atoms with van der Waals surface area (Å²) >= 11 is 0. The van der Waals surface area contributed by atoms with E-state index in [0.29, 0.717) is 4.90 Å². The Hall–Kier alpha value is -4.03. The highest BCUT2D eigenvalue weighted by molar-refractivity contribution is 7.85. The minimum atomic E-state index is -1.30. The van der Waals surface area contributed by atoms with E-state index in [-0.39, 0.29) is 24.5 Å². The van der Waals surface area contributed by atoms with Gasteiger partial charge in [0.1, 0.15) is 6.04 Å². The third-order valence-corrected chi connectivity index (χ3v) is 8.05. The minimum Gasteiger partial charge on any atom is -0.467 e. The van der Waals surface area contributed by atoms with E-state index in [4.69, 9.17) is 4.74 Å². The van der Waals surface area contributed by atoms with Gasteiger partial charge in [-0.05, 0) is 35.2 Å². The van der Waals surface area contributed by atoms with E-state index < -0.39 is 28.2 Å². The Morgan fingerprint density at radius 2 is 1.16 bits per heavy atom. The first kappa shape index (κ1) is 27.0. The summed E-state index contributed by atoms with van der Waals surface area (Å²) in [6.45, 7) is 0. The Bertz CT molecular complexity index is 1250. The van der Waals surface area contributed by atoms with Crippen molar-refractivity contribution in [2.24, 2.45) is 0 Å². The summed E-state index contributed by atoms with van der Waals surface area (Å²) < 4.78 is 17.8. The Labute approximate surface area is 226 Å². The van der Waals surface area contributed by atoms with Crippen LogP contribution >= 0.6 is 0 Å². The van der Waals surface area contributed by atoms with Crippen LogP contribution in [0.1, 0.15) is 29.5 Å². The first-order chi connectivity index (χ1) is 18.5. The molecule has 0 saturated heterocycles. The fourth-order valence-electron chi connectivity index (χ4n) is 4.77. The predicted octanol–water partition coefficient (Wildman–Crippen LogP) is 5.27. The number of carbonyl (C=O) groups excluding carboxylic acids is 2. The van der Waals surface area contributed by atoms with E-state index in [1.807, 2.05) is 109 Å². The van der Waals surface area contributed by atoms with Crippen LogP contribution in [0.15, 0.2) is 126 Å². The average molecular weight is 526 g/mol. The lowest BCUT2D eigenvalue weighted by Gasteiger charge is -2.36. The van der Waals surface area contributed by atoms with Gasteiger partial charge in [0.15, 0.2) is 0 Å². The molecule has 0 aliphatic carbocycles.